The molecular weight excluding hydrogens is 389 g/mol. The highest BCUT2D eigenvalue weighted by molar-refractivity contribution is 5.92. The summed E-state index contributed by atoms with van der Waals surface area (Å²) < 4.78 is 38.7. The number of anilines is 1. The first-order valence-corrected chi connectivity index (χ1v) is 10.2. The van der Waals surface area contributed by atoms with Gasteiger partial charge in [0.25, 0.3) is 0 Å². The van der Waals surface area contributed by atoms with E-state index in [0.717, 1.165) is 55.6 Å². The minimum atomic E-state index is -4.32. The number of alkyl halides is 3. The lowest BCUT2D eigenvalue weighted by Crippen LogP contribution is -2.47. The molecule has 0 amide bonds. The minimum Gasteiger partial charge on any atom is -0.368 e. The van der Waals surface area contributed by atoms with E-state index in [1.807, 2.05) is 12.4 Å². The summed E-state index contributed by atoms with van der Waals surface area (Å²) >= 11 is 0. The molecule has 0 unspecified atom stereocenters. The number of piperazine rings is 1. The molecule has 0 atom stereocenters. The van der Waals surface area contributed by atoms with Crippen LogP contribution in [-0.2, 0) is 12.6 Å². The molecule has 1 saturated heterocycles. The smallest absolute Gasteiger partial charge is 0.368 e. The molecule has 4 aromatic rings. The summed E-state index contributed by atoms with van der Waals surface area (Å²) in [6.45, 7) is 4.78. The third kappa shape index (κ3) is 3.54. The molecule has 0 radical (unpaired) electrons. The largest absolute Gasteiger partial charge is 0.416 e. The molecule has 1 aliphatic rings. The molecular formula is C23H23F3N4. The van der Waals surface area contributed by atoms with Crippen LogP contribution in [0.2, 0.25) is 0 Å². The van der Waals surface area contributed by atoms with Crippen LogP contribution in [0.25, 0.3) is 21.8 Å². The zero-order chi connectivity index (χ0) is 20.7. The van der Waals surface area contributed by atoms with Crippen LogP contribution in [0.4, 0.5) is 18.9 Å². The highest BCUT2D eigenvalue weighted by Crippen LogP contribution is 2.32. The van der Waals surface area contributed by atoms with Crippen LogP contribution in [-0.4, -0.2) is 47.6 Å². The Hall–Kier alpha value is -2.93. The zero-order valence-corrected chi connectivity index (χ0v) is 16.5. The van der Waals surface area contributed by atoms with Gasteiger partial charge in [0.15, 0.2) is 0 Å². The van der Waals surface area contributed by atoms with E-state index in [2.05, 4.69) is 44.0 Å². The van der Waals surface area contributed by atoms with Gasteiger partial charge < -0.3 is 14.9 Å². The Labute approximate surface area is 172 Å². The second-order valence-corrected chi connectivity index (χ2v) is 7.87. The summed E-state index contributed by atoms with van der Waals surface area (Å²) in [7, 11) is 0. The van der Waals surface area contributed by atoms with Crippen molar-refractivity contribution in [1.29, 1.82) is 0 Å². The quantitative estimate of drug-likeness (QED) is 0.493. The van der Waals surface area contributed by atoms with Gasteiger partial charge in [-0.25, -0.2) is 0 Å². The topological polar surface area (TPSA) is 38.1 Å². The predicted octanol–water partition coefficient (Wildman–Crippen LogP) is 5.03. The van der Waals surface area contributed by atoms with E-state index in [9.17, 15) is 13.2 Å². The first-order chi connectivity index (χ1) is 14.5. The van der Waals surface area contributed by atoms with E-state index in [0.29, 0.717) is 5.52 Å². The Balaban J connectivity index is 1.22. The number of H-pyrrole nitrogens is 2. The number of hydrogen-bond acceptors (Lipinski definition) is 2. The van der Waals surface area contributed by atoms with Crippen LogP contribution in [0, 0.1) is 0 Å². The molecule has 0 spiro atoms. The van der Waals surface area contributed by atoms with E-state index >= 15 is 0 Å². The Morgan fingerprint density at radius 2 is 1.70 bits per heavy atom. The lowest BCUT2D eigenvalue weighted by atomic mass is 10.1. The summed E-state index contributed by atoms with van der Waals surface area (Å²) in [6, 6.07) is 12.4. The van der Waals surface area contributed by atoms with Crippen molar-refractivity contribution < 1.29 is 13.2 Å². The third-order valence-electron chi connectivity index (χ3n) is 6.08. The van der Waals surface area contributed by atoms with Crippen LogP contribution in [0.1, 0.15) is 11.1 Å². The molecule has 2 aromatic carbocycles. The molecule has 2 N–H and O–H groups in total. The lowest BCUT2D eigenvalue weighted by molar-refractivity contribution is -0.137. The molecule has 30 heavy (non-hydrogen) atoms. The fraction of sp³-hybridized carbons (Fsp3) is 0.304. The lowest BCUT2D eigenvalue weighted by Gasteiger charge is -2.36. The van der Waals surface area contributed by atoms with Gasteiger partial charge in [0.2, 0.25) is 0 Å². The fourth-order valence-electron chi connectivity index (χ4n) is 4.40. The van der Waals surface area contributed by atoms with Gasteiger partial charge in [0.1, 0.15) is 0 Å². The number of benzene rings is 2. The van der Waals surface area contributed by atoms with Crippen molar-refractivity contribution in [2.24, 2.45) is 0 Å². The molecule has 1 aliphatic heterocycles. The maximum absolute atomic E-state index is 12.9. The molecule has 0 bridgehead atoms. The molecule has 0 aliphatic carbocycles. The third-order valence-corrected chi connectivity index (χ3v) is 6.08. The van der Waals surface area contributed by atoms with Gasteiger partial charge in [0.05, 0.1) is 5.56 Å². The van der Waals surface area contributed by atoms with Crippen LogP contribution in [0.15, 0.2) is 54.9 Å². The summed E-state index contributed by atoms with van der Waals surface area (Å²) in [6.07, 6.45) is 0.319. The van der Waals surface area contributed by atoms with E-state index in [1.54, 1.807) is 6.07 Å². The van der Waals surface area contributed by atoms with Crippen molar-refractivity contribution in [2.75, 3.05) is 37.6 Å². The Kier molecular flexibility index (Phi) is 4.70. The minimum absolute atomic E-state index is 0.546. The number of fused-ring (bicyclic) bond motifs is 2. The summed E-state index contributed by atoms with van der Waals surface area (Å²) in [4.78, 5) is 11.1. The Bertz CT molecular complexity index is 1170. The number of nitrogens with zero attached hydrogens (tertiary/aromatic N) is 2. The average Bonchev–Trinajstić information content (AvgIpc) is 3.38. The first-order valence-electron chi connectivity index (χ1n) is 10.2. The molecule has 7 heteroatoms. The van der Waals surface area contributed by atoms with Gasteiger partial charge in [-0.1, -0.05) is 12.1 Å². The number of nitrogens with one attached hydrogen (secondary N) is 2. The molecule has 0 saturated carbocycles. The number of rotatable bonds is 4. The van der Waals surface area contributed by atoms with E-state index in [-0.39, 0.29) is 0 Å². The van der Waals surface area contributed by atoms with E-state index in [1.165, 1.54) is 23.2 Å². The summed E-state index contributed by atoms with van der Waals surface area (Å²) in [5.41, 5.74) is 3.42. The average molecular weight is 412 g/mol. The SMILES string of the molecule is FC(F)(F)c1ccc2c(CCN3CCN(c4cccc5[nH]ccc45)CC3)c[nH]c2c1. The Morgan fingerprint density at radius 1 is 0.867 bits per heavy atom. The molecule has 1 fully saturated rings. The van der Waals surface area contributed by atoms with Gasteiger partial charge >= 0.3 is 6.18 Å². The normalized spacial score (nSPS) is 16.0. The standard InChI is InChI=1S/C23H23F3N4/c24-23(25,26)17-4-5-18-16(15-28-21(18)14-17)7-9-29-10-12-30(13-11-29)22-3-1-2-20-19(22)6-8-27-20/h1-6,8,14-15,27-28H,7,9-13H2. The number of hydrogen-bond donors (Lipinski definition) is 2. The Morgan fingerprint density at radius 3 is 2.50 bits per heavy atom. The predicted molar refractivity (Wildman–Crippen MR) is 114 cm³/mol. The zero-order valence-electron chi connectivity index (χ0n) is 16.5. The first kappa shape index (κ1) is 19.1. The van der Waals surface area contributed by atoms with Crippen LogP contribution in [0.3, 0.4) is 0 Å². The second kappa shape index (κ2) is 7.40. The van der Waals surface area contributed by atoms with Crippen molar-refractivity contribution in [3.05, 3.63) is 66.0 Å². The molecule has 156 valence electrons. The van der Waals surface area contributed by atoms with Gasteiger partial charge in [-0.2, -0.15) is 13.2 Å². The van der Waals surface area contributed by atoms with Crippen molar-refractivity contribution in [1.82, 2.24) is 14.9 Å². The second-order valence-electron chi connectivity index (χ2n) is 7.87. The maximum atomic E-state index is 12.9. The molecule has 3 heterocycles. The number of halogens is 3. The summed E-state index contributed by atoms with van der Waals surface area (Å²) in [5.74, 6) is 0. The maximum Gasteiger partial charge on any atom is 0.416 e. The molecule has 4 nitrogen and oxygen atoms in total. The van der Waals surface area contributed by atoms with Gasteiger partial charge in [-0.3, -0.25) is 4.90 Å². The van der Waals surface area contributed by atoms with Gasteiger partial charge in [0, 0.05) is 72.6 Å². The monoisotopic (exact) mass is 412 g/mol. The van der Waals surface area contributed by atoms with Crippen molar-refractivity contribution >= 4 is 27.5 Å². The fourth-order valence-corrected chi connectivity index (χ4v) is 4.40. The van der Waals surface area contributed by atoms with Crippen LogP contribution >= 0.6 is 0 Å². The van der Waals surface area contributed by atoms with Crippen molar-refractivity contribution in [3.8, 4) is 0 Å². The van der Waals surface area contributed by atoms with Gasteiger partial charge in [-0.05, 0) is 42.3 Å². The van der Waals surface area contributed by atoms with Crippen molar-refractivity contribution in [3.63, 3.8) is 0 Å². The number of aromatic amines is 2. The van der Waals surface area contributed by atoms with Crippen molar-refractivity contribution in [2.45, 2.75) is 12.6 Å². The highest BCUT2D eigenvalue weighted by Gasteiger charge is 2.30. The van der Waals surface area contributed by atoms with Crippen LogP contribution in [0.5, 0.6) is 0 Å². The van der Waals surface area contributed by atoms with Gasteiger partial charge in [-0.15, -0.1) is 0 Å². The van der Waals surface area contributed by atoms with E-state index in [4.69, 9.17) is 0 Å². The summed E-state index contributed by atoms with van der Waals surface area (Å²) in [5, 5.41) is 2.13. The van der Waals surface area contributed by atoms with Crippen LogP contribution < -0.4 is 4.90 Å². The molecule has 5 rings (SSSR count). The highest BCUT2D eigenvalue weighted by atomic mass is 19.4. The molecule has 2 aromatic heterocycles. The van der Waals surface area contributed by atoms with E-state index < -0.39 is 11.7 Å². The number of aromatic nitrogens is 2.